The molecule has 0 unspecified atom stereocenters. The molecule has 1 aromatic carbocycles. The minimum absolute atomic E-state index is 0.387. The third-order valence-electron chi connectivity index (χ3n) is 7.30. The van der Waals surface area contributed by atoms with Crippen LogP contribution in [0.3, 0.4) is 0 Å². The molecule has 5 rings (SSSR count). The summed E-state index contributed by atoms with van der Waals surface area (Å²) >= 11 is 3.59. The summed E-state index contributed by atoms with van der Waals surface area (Å²) in [4.78, 5) is 29.0. The first-order chi connectivity index (χ1) is 21.9. The average molecular weight is 721 g/mol. The van der Waals surface area contributed by atoms with E-state index in [9.17, 15) is 4.79 Å². The lowest BCUT2D eigenvalue weighted by Crippen LogP contribution is -2.37. The molecule has 46 heavy (non-hydrogen) atoms. The molecule has 4 heterocycles. The summed E-state index contributed by atoms with van der Waals surface area (Å²) in [6, 6.07) is 6.23. The normalized spacial score (nSPS) is 14.6. The molecule has 15 heteroatoms. The highest BCUT2D eigenvalue weighted by molar-refractivity contribution is 9.10. The molecule has 2 N–H and O–H groups in total. The number of aromatic nitrogens is 6. The fraction of sp³-hybridized carbons (Fsp3) is 0.581. The minimum atomic E-state index is -0.673. The maximum absolute atomic E-state index is 12.1. The van der Waals surface area contributed by atoms with Crippen LogP contribution in [0.2, 0.25) is 0 Å². The van der Waals surface area contributed by atoms with Gasteiger partial charge in [-0.2, -0.15) is 19.6 Å². The molecule has 252 valence electrons. The number of para-hydroxylation sites is 1. The number of hydrogen-bond acceptors (Lipinski definition) is 10. The van der Waals surface area contributed by atoms with Crippen LogP contribution in [0.15, 0.2) is 28.9 Å². The van der Waals surface area contributed by atoms with E-state index in [0.29, 0.717) is 57.2 Å². The van der Waals surface area contributed by atoms with Gasteiger partial charge in [0.2, 0.25) is 11.9 Å². The predicted octanol–water partition coefficient (Wildman–Crippen LogP) is 4.81. The molecule has 0 atom stereocenters. The van der Waals surface area contributed by atoms with Crippen molar-refractivity contribution in [1.29, 1.82) is 0 Å². The Bertz CT molecular complexity index is 1640. The largest absolute Gasteiger partial charge is 0.444 e. The number of nitrogens with one attached hydrogen (secondary N) is 2. The molecular formula is C31H46BrN9O4S. The van der Waals surface area contributed by atoms with Crippen LogP contribution in [0.5, 0.6) is 0 Å². The van der Waals surface area contributed by atoms with Crippen molar-refractivity contribution in [3.8, 4) is 0 Å². The van der Waals surface area contributed by atoms with E-state index in [4.69, 9.17) is 29.2 Å². The number of anilines is 2. The fourth-order valence-corrected chi connectivity index (χ4v) is 5.97. The molecule has 3 aromatic heterocycles. The van der Waals surface area contributed by atoms with Gasteiger partial charge in [-0.15, -0.1) is 0 Å². The number of carbonyl (C=O) groups is 1. The Labute approximate surface area is 280 Å². The predicted molar refractivity (Wildman–Crippen MR) is 187 cm³/mol. The van der Waals surface area contributed by atoms with Gasteiger partial charge in [0.05, 0.1) is 48.1 Å². The van der Waals surface area contributed by atoms with Gasteiger partial charge in [-0.3, -0.25) is 0 Å². The summed E-state index contributed by atoms with van der Waals surface area (Å²) in [6.07, 6.45) is 9.71. The molecule has 4 aromatic rings. The Hall–Kier alpha value is -3.14. The third kappa shape index (κ3) is 9.02. The van der Waals surface area contributed by atoms with E-state index in [2.05, 4.69) is 78.1 Å². The first-order valence-corrected chi connectivity index (χ1v) is 19.4. The summed E-state index contributed by atoms with van der Waals surface area (Å²) in [5.41, 5.74) is 3.19. The number of rotatable bonds is 13. The molecule has 0 bridgehead atoms. The Balaban J connectivity index is 1.37. The average Bonchev–Trinajstić information content (AvgIpc) is 3.55. The van der Waals surface area contributed by atoms with Crippen LogP contribution in [-0.4, -0.2) is 105 Å². The van der Waals surface area contributed by atoms with Crippen molar-refractivity contribution >= 4 is 60.6 Å². The summed E-state index contributed by atoms with van der Waals surface area (Å²) in [7, 11) is -0.673. The van der Waals surface area contributed by atoms with E-state index >= 15 is 0 Å². The lowest BCUT2D eigenvalue weighted by atomic mass is 10.1. The first-order valence-electron chi connectivity index (χ1n) is 15.5. The lowest BCUT2D eigenvalue weighted by molar-refractivity contribution is 0.0527. The van der Waals surface area contributed by atoms with Gasteiger partial charge in [0.25, 0.3) is 0 Å². The number of ether oxygens (including phenoxy) is 3. The van der Waals surface area contributed by atoms with Crippen LogP contribution in [0.1, 0.15) is 38.6 Å². The first kappa shape index (κ1) is 34.2. The highest BCUT2D eigenvalue weighted by atomic mass is 79.9. The molecule has 1 saturated heterocycles. The molecule has 0 saturated carbocycles. The van der Waals surface area contributed by atoms with Gasteiger partial charge in [0.1, 0.15) is 18.2 Å². The number of amides is 1. The number of hydrogen-bond donors (Lipinski definition) is 2. The number of morpholine rings is 1. The van der Waals surface area contributed by atoms with Gasteiger partial charge in [-0.25, -0.2) is 19.8 Å². The standard InChI is InChI=1S/C31H46BrN9O4S/c1-31(2,3)45-30(42)33-12-8-10-22-9-7-11-24-26(22)36-25(40(24)21-44-17-18-46(4,5)6)20-34-28-38-29(39-13-15-43-16-14-39)37-27-23(32)19-35-41(27)28/h7,9,11,19H,8,10,12-18,20-21H2,1-6H3,(H,33,42)(H,34,37,38). The summed E-state index contributed by atoms with van der Waals surface area (Å²) < 4.78 is 21.7. The number of nitrogens with zero attached hydrogens (tertiary/aromatic N) is 7. The summed E-state index contributed by atoms with van der Waals surface area (Å²) in [5, 5.41) is 10.8. The van der Waals surface area contributed by atoms with Gasteiger partial charge in [-0.1, -0.05) is 12.1 Å². The third-order valence-corrected chi connectivity index (χ3v) is 9.26. The van der Waals surface area contributed by atoms with Crippen molar-refractivity contribution in [2.75, 3.05) is 74.2 Å². The van der Waals surface area contributed by atoms with Crippen LogP contribution in [0.4, 0.5) is 16.7 Å². The number of imidazole rings is 1. The van der Waals surface area contributed by atoms with Crippen molar-refractivity contribution in [2.45, 2.75) is 52.5 Å². The van der Waals surface area contributed by atoms with E-state index in [1.807, 2.05) is 20.8 Å². The van der Waals surface area contributed by atoms with E-state index in [-0.39, 0.29) is 0 Å². The maximum atomic E-state index is 12.1. The Morgan fingerprint density at radius 3 is 2.65 bits per heavy atom. The summed E-state index contributed by atoms with van der Waals surface area (Å²) in [5.74, 6) is 3.05. The number of aryl methyl sites for hydroxylation is 1. The van der Waals surface area contributed by atoms with Gasteiger partial charge in [0.15, 0.2) is 5.65 Å². The molecular weight excluding hydrogens is 674 g/mol. The topological polar surface area (TPSA) is 133 Å². The molecule has 13 nitrogen and oxygen atoms in total. The van der Waals surface area contributed by atoms with E-state index in [0.717, 1.165) is 58.6 Å². The second-order valence-corrected chi connectivity index (χ2v) is 18.6. The van der Waals surface area contributed by atoms with Crippen LogP contribution in [0, 0.1) is 0 Å². The van der Waals surface area contributed by atoms with E-state index in [1.54, 1.807) is 10.7 Å². The van der Waals surface area contributed by atoms with E-state index < -0.39 is 21.7 Å². The molecule has 1 fully saturated rings. The van der Waals surface area contributed by atoms with Crippen molar-refractivity contribution in [3.05, 3.63) is 40.3 Å². The fourth-order valence-electron chi connectivity index (χ4n) is 5.00. The van der Waals surface area contributed by atoms with Gasteiger partial charge < -0.3 is 34.3 Å². The Kier molecular flexibility index (Phi) is 11.0. The molecule has 0 spiro atoms. The second-order valence-electron chi connectivity index (χ2n) is 13.1. The maximum Gasteiger partial charge on any atom is 0.407 e. The number of halogens is 1. The minimum Gasteiger partial charge on any atom is -0.444 e. The molecule has 0 aliphatic carbocycles. The van der Waals surface area contributed by atoms with Gasteiger partial charge >= 0.3 is 6.09 Å². The summed E-state index contributed by atoms with van der Waals surface area (Å²) in [6.45, 7) is 10.3. The van der Waals surface area contributed by atoms with Gasteiger partial charge in [-0.05, 0) is 79.9 Å². The molecule has 0 radical (unpaired) electrons. The molecule has 1 amide bonds. The zero-order valence-corrected chi connectivity index (χ0v) is 30.0. The van der Waals surface area contributed by atoms with Crippen LogP contribution < -0.4 is 15.5 Å². The van der Waals surface area contributed by atoms with Crippen molar-refractivity contribution in [2.24, 2.45) is 0 Å². The number of carbonyl (C=O) groups excluding carboxylic acids is 1. The van der Waals surface area contributed by atoms with E-state index in [1.165, 1.54) is 0 Å². The van der Waals surface area contributed by atoms with Crippen LogP contribution in [0.25, 0.3) is 16.7 Å². The zero-order chi connectivity index (χ0) is 32.9. The SMILES string of the molecule is CC(C)(C)OC(=O)NCCCc1cccc2c1nc(CNc1nc(N3CCOCC3)nc3c(Br)cnn13)n2COCCS(C)(C)C. The van der Waals surface area contributed by atoms with Crippen molar-refractivity contribution in [1.82, 2.24) is 34.4 Å². The number of alkyl carbamates (subject to hydrolysis) is 1. The monoisotopic (exact) mass is 719 g/mol. The lowest BCUT2D eigenvalue weighted by Gasteiger charge is -2.27. The Morgan fingerprint density at radius 1 is 1.13 bits per heavy atom. The quantitative estimate of drug-likeness (QED) is 0.186. The number of benzene rings is 1. The number of fused-ring (bicyclic) bond motifs is 2. The highest BCUT2D eigenvalue weighted by Gasteiger charge is 2.21. The van der Waals surface area contributed by atoms with Gasteiger partial charge in [0, 0.05) is 25.4 Å². The highest BCUT2D eigenvalue weighted by Crippen LogP contribution is 2.33. The van der Waals surface area contributed by atoms with Crippen LogP contribution >= 0.6 is 26.0 Å². The van der Waals surface area contributed by atoms with Crippen molar-refractivity contribution in [3.63, 3.8) is 0 Å². The smallest absolute Gasteiger partial charge is 0.407 e. The Morgan fingerprint density at radius 2 is 1.91 bits per heavy atom. The molecule has 1 aliphatic rings. The zero-order valence-electron chi connectivity index (χ0n) is 27.6. The van der Waals surface area contributed by atoms with Crippen LogP contribution in [-0.2, 0) is 33.9 Å². The van der Waals surface area contributed by atoms with Crippen molar-refractivity contribution < 1.29 is 19.0 Å². The second kappa shape index (κ2) is 14.7. The molecule has 1 aliphatic heterocycles.